The minimum atomic E-state index is -0.496. The molecule has 0 spiro atoms. The topological polar surface area (TPSA) is 98.0 Å². The van der Waals surface area contributed by atoms with E-state index in [9.17, 15) is 9.59 Å². The Bertz CT molecular complexity index is 1350. The Balaban J connectivity index is 1.58. The van der Waals surface area contributed by atoms with Gasteiger partial charge >= 0.3 is 0 Å². The number of thiophene rings is 1. The summed E-state index contributed by atoms with van der Waals surface area (Å²) in [5, 5.41) is 4.27. The molecule has 6 nitrogen and oxygen atoms in total. The molecule has 0 bridgehead atoms. The zero-order chi connectivity index (χ0) is 22.2. The average molecular weight is 443 g/mol. The number of hydrogen-bond donors (Lipinski definition) is 2. The molecular weight excluding hydrogens is 420 g/mol. The zero-order valence-electron chi connectivity index (χ0n) is 17.6. The smallest absolute Gasteiger partial charge is 0.257 e. The van der Waals surface area contributed by atoms with Crippen molar-refractivity contribution in [3.8, 4) is 11.3 Å². The van der Waals surface area contributed by atoms with Crippen molar-refractivity contribution >= 4 is 39.1 Å². The quantitative estimate of drug-likeness (QED) is 0.473. The molecule has 0 aliphatic heterocycles. The summed E-state index contributed by atoms with van der Waals surface area (Å²) in [7, 11) is 0. The van der Waals surface area contributed by atoms with Gasteiger partial charge in [0.25, 0.3) is 11.8 Å². The Kier molecular flexibility index (Phi) is 5.19. The van der Waals surface area contributed by atoms with E-state index < -0.39 is 5.91 Å². The number of nitrogens with two attached hydrogens (primary N) is 1. The summed E-state index contributed by atoms with van der Waals surface area (Å²) in [6.07, 6.45) is 6.12. The van der Waals surface area contributed by atoms with E-state index >= 15 is 0 Å². The first kappa shape index (κ1) is 20.3. The van der Waals surface area contributed by atoms with Gasteiger partial charge in [0.1, 0.15) is 5.00 Å². The van der Waals surface area contributed by atoms with Crippen molar-refractivity contribution in [2.45, 2.75) is 26.2 Å². The van der Waals surface area contributed by atoms with Gasteiger partial charge in [-0.1, -0.05) is 25.1 Å². The molecule has 5 rings (SSSR count). The number of primary amides is 1. The van der Waals surface area contributed by atoms with Crippen molar-refractivity contribution in [1.82, 2.24) is 9.97 Å². The van der Waals surface area contributed by atoms with Crippen molar-refractivity contribution in [3.63, 3.8) is 0 Å². The number of rotatable bonds is 4. The van der Waals surface area contributed by atoms with Crippen LogP contribution in [-0.2, 0) is 12.8 Å². The number of nitrogens with one attached hydrogen (secondary N) is 1. The number of pyridine rings is 2. The molecule has 7 heteroatoms. The fourth-order valence-electron chi connectivity index (χ4n) is 4.30. The SMILES string of the molecule is CC1CCc2c(sc(NC(=O)c3cc(-c4ccncc4)nc4ccccc34)c2C(N)=O)C1. The molecule has 160 valence electrons. The van der Waals surface area contributed by atoms with E-state index in [1.54, 1.807) is 18.5 Å². The number of anilines is 1. The van der Waals surface area contributed by atoms with Gasteiger partial charge in [-0.25, -0.2) is 4.98 Å². The first-order chi connectivity index (χ1) is 15.5. The van der Waals surface area contributed by atoms with E-state index in [1.165, 1.54) is 11.3 Å². The van der Waals surface area contributed by atoms with Gasteiger partial charge in [-0.15, -0.1) is 11.3 Å². The lowest BCUT2D eigenvalue weighted by molar-refractivity contribution is 0.1000. The van der Waals surface area contributed by atoms with Gasteiger partial charge in [-0.3, -0.25) is 14.6 Å². The maximum absolute atomic E-state index is 13.5. The lowest BCUT2D eigenvalue weighted by Crippen LogP contribution is -2.19. The van der Waals surface area contributed by atoms with E-state index in [4.69, 9.17) is 10.7 Å². The molecule has 32 heavy (non-hydrogen) atoms. The van der Waals surface area contributed by atoms with Crippen LogP contribution in [0.25, 0.3) is 22.2 Å². The van der Waals surface area contributed by atoms with Crippen LogP contribution in [0.2, 0.25) is 0 Å². The van der Waals surface area contributed by atoms with Crippen molar-refractivity contribution in [2.24, 2.45) is 11.7 Å². The molecule has 4 aromatic rings. The van der Waals surface area contributed by atoms with Crippen LogP contribution in [-0.4, -0.2) is 21.8 Å². The standard InChI is InChI=1S/C25H22N4O2S/c1-14-6-7-17-21(12-14)32-25(22(17)23(26)30)29-24(31)18-13-20(15-8-10-27-11-9-15)28-19-5-3-2-4-16(18)19/h2-5,8-11,13-14H,6-7,12H2,1H3,(H2,26,30)(H,29,31). The van der Waals surface area contributed by atoms with Gasteiger partial charge in [0.2, 0.25) is 0 Å². The van der Waals surface area contributed by atoms with Gasteiger partial charge < -0.3 is 11.1 Å². The highest BCUT2D eigenvalue weighted by molar-refractivity contribution is 7.17. The van der Waals surface area contributed by atoms with E-state index in [1.807, 2.05) is 36.4 Å². The van der Waals surface area contributed by atoms with Crippen molar-refractivity contribution in [1.29, 1.82) is 0 Å². The number of hydrogen-bond acceptors (Lipinski definition) is 5. The Hall–Kier alpha value is -3.58. The molecule has 3 N–H and O–H groups in total. The Morgan fingerprint density at radius 1 is 1.16 bits per heavy atom. The third kappa shape index (κ3) is 3.65. The van der Waals surface area contributed by atoms with E-state index in [2.05, 4.69) is 17.2 Å². The Morgan fingerprint density at radius 2 is 1.94 bits per heavy atom. The van der Waals surface area contributed by atoms with Crippen molar-refractivity contribution < 1.29 is 9.59 Å². The molecule has 0 fully saturated rings. The molecule has 1 atom stereocenters. The largest absolute Gasteiger partial charge is 0.365 e. The van der Waals surface area contributed by atoms with E-state index in [-0.39, 0.29) is 5.91 Å². The van der Waals surface area contributed by atoms with Gasteiger partial charge in [0, 0.05) is 28.2 Å². The summed E-state index contributed by atoms with van der Waals surface area (Å²) in [4.78, 5) is 35.7. The molecule has 0 radical (unpaired) electrons. The van der Waals surface area contributed by atoms with Gasteiger partial charge in [0.05, 0.1) is 22.3 Å². The van der Waals surface area contributed by atoms with Crippen LogP contribution in [0.5, 0.6) is 0 Å². The highest BCUT2D eigenvalue weighted by Gasteiger charge is 2.27. The summed E-state index contributed by atoms with van der Waals surface area (Å²) >= 11 is 1.47. The van der Waals surface area contributed by atoms with Crippen LogP contribution in [0.3, 0.4) is 0 Å². The average Bonchev–Trinajstić information content (AvgIpc) is 3.15. The van der Waals surface area contributed by atoms with Crippen LogP contribution in [0, 0.1) is 5.92 Å². The minimum absolute atomic E-state index is 0.284. The number of benzene rings is 1. The molecule has 0 saturated carbocycles. The molecule has 1 unspecified atom stereocenters. The number of fused-ring (bicyclic) bond motifs is 2. The zero-order valence-corrected chi connectivity index (χ0v) is 18.4. The van der Waals surface area contributed by atoms with Crippen LogP contribution >= 0.6 is 11.3 Å². The molecule has 0 saturated heterocycles. The summed E-state index contributed by atoms with van der Waals surface area (Å²) in [5.74, 6) is -0.227. The van der Waals surface area contributed by atoms with Crippen LogP contribution < -0.4 is 11.1 Å². The van der Waals surface area contributed by atoms with Crippen LogP contribution in [0.15, 0.2) is 54.9 Å². The monoisotopic (exact) mass is 442 g/mol. The highest BCUT2D eigenvalue weighted by Crippen LogP contribution is 2.40. The second-order valence-corrected chi connectivity index (χ2v) is 9.29. The number of para-hydroxylation sites is 1. The van der Waals surface area contributed by atoms with Gasteiger partial charge in [-0.05, 0) is 55.0 Å². The highest BCUT2D eigenvalue weighted by atomic mass is 32.1. The van der Waals surface area contributed by atoms with Gasteiger partial charge in [-0.2, -0.15) is 0 Å². The summed E-state index contributed by atoms with van der Waals surface area (Å²) in [6, 6.07) is 13.0. The molecule has 3 heterocycles. The molecule has 1 aliphatic rings. The first-order valence-corrected chi connectivity index (χ1v) is 11.4. The molecule has 1 aromatic carbocycles. The van der Waals surface area contributed by atoms with E-state index in [0.717, 1.165) is 46.2 Å². The summed E-state index contributed by atoms with van der Waals surface area (Å²) in [5.41, 5.74) is 9.95. The Morgan fingerprint density at radius 3 is 2.72 bits per heavy atom. The van der Waals surface area contributed by atoms with Crippen molar-refractivity contribution in [2.75, 3.05) is 5.32 Å². The maximum Gasteiger partial charge on any atom is 0.257 e. The van der Waals surface area contributed by atoms with Crippen LogP contribution in [0.1, 0.15) is 44.5 Å². The lowest BCUT2D eigenvalue weighted by atomic mass is 9.88. The number of aromatic nitrogens is 2. The molecular formula is C25H22N4O2S. The molecule has 2 amide bonds. The summed E-state index contributed by atoms with van der Waals surface area (Å²) in [6.45, 7) is 2.20. The number of nitrogens with zero attached hydrogens (tertiary/aromatic N) is 2. The third-order valence-corrected chi connectivity index (χ3v) is 7.09. The fraction of sp³-hybridized carbons (Fsp3) is 0.200. The third-order valence-electron chi connectivity index (χ3n) is 5.92. The second-order valence-electron chi connectivity index (χ2n) is 8.18. The van der Waals surface area contributed by atoms with Crippen molar-refractivity contribution in [3.05, 3.63) is 76.4 Å². The normalized spacial score (nSPS) is 15.3. The number of carbonyl (C=O) groups is 2. The Labute approximate surface area is 189 Å². The lowest BCUT2D eigenvalue weighted by Gasteiger charge is -2.18. The number of carbonyl (C=O) groups excluding carboxylic acids is 2. The molecule has 3 aromatic heterocycles. The van der Waals surface area contributed by atoms with Gasteiger partial charge in [0.15, 0.2) is 0 Å². The predicted molar refractivity (Wildman–Crippen MR) is 127 cm³/mol. The second kappa shape index (κ2) is 8.16. The van der Waals surface area contributed by atoms with Crippen LogP contribution in [0.4, 0.5) is 5.00 Å². The minimum Gasteiger partial charge on any atom is -0.365 e. The van der Waals surface area contributed by atoms with E-state index in [0.29, 0.717) is 27.7 Å². The molecule has 1 aliphatic carbocycles. The number of amides is 2. The first-order valence-electron chi connectivity index (χ1n) is 10.6. The predicted octanol–water partition coefficient (Wildman–Crippen LogP) is 4.83. The maximum atomic E-state index is 13.5. The fourth-order valence-corrected chi connectivity index (χ4v) is 5.71. The summed E-state index contributed by atoms with van der Waals surface area (Å²) < 4.78 is 0.